The van der Waals surface area contributed by atoms with Crippen molar-refractivity contribution >= 4 is 17.9 Å². The molecule has 77 heavy (non-hydrogen) atoms. The van der Waals surface area contributed by atoms with Crippen molar-refractivity contribution in [2.75, 3.05) is 13.2 Å². The summed E-state index contributed by atoms with van der Waals surface area (Å²) in [6, 6.07) is 0. The van der Waals surface area contributed by atoms with Crippen LogP contribution in [0.2, 0.25) is 0 Å². The van der Waals surface area contributed by atoms with Crippen molar-refractivity contribution in [1.29, 1.82) is 0 Å². The molecule has 1 unspecified atom stereocenters. The zero-order chi connectivity index (χ0) is 55.7. The summed E-state index contributed by atoms with van der Waals surface area (Å²) in [5, 5.41) is 0. The Kier molecular flexibility index (Phi) is 64.6. The van der Waals surface area contributed by atoms with Gasteiger partial charge in [-0.3, -0.25) is 14.4 Å². The van der Waals surface area contributed by atoms with Crippen molar-refractivity contribution in [3.8, 4) is 0 Å². The zero-order valence-electron chi connectivity index (χ0n) is 52.3. The first-order valence-corrected chi connectivity index (χ1v) is 34.8. The van der Waals surface area contributed by atoms with Crippen LogP contribution in [0.3, 0.4) is 0 Å². The molecule has 0 aromatic heterocycles. The van der Waals surface area contributed by atoms with Crippen LogP contribution in [0.25, 0.3) is 0 Å². The van der Waals surface area contributed by atoms with Gasteiger partial charge in [0.2, 0.25) is 0 Å². The Labute approximate surface area is 481 Å². The number of carbonyl (C=O) groups excluding carboxylic acids is 3. The molecule has 0 aromatic carbocycles. The molecule has 6 heteroatoms. The minimum absolute atomic E-state index is 0.0663. The van der Waals surface area contributed by atoms with Crippen LogP contribution in [0.1, 0.15) is 393 Å². The molecule has 0 aromatic rings. The Balaban J connectivity index is 4.29. The maximum atomic E-state index is 12.9. The third kappa shape index (κ3) is 64.6. The van der Waals surface area contributed by atoms with Crippen LogP contribution in [-0.2, 0) is 28.6 Å². The van der Waals surface area contributed by atoms with Crippen LogP contribution >= 0.6 is 0 Å². The SMILES string of the molecule is CCCCC/C=C\C/C=C\CCCCCCCCCCCC(=O)OC(COC(=O)CCCCCCCCCCCCCCCCCCCC)COC(=O)CCCCCCCCCCCCCCCCCCCCCCCC. The summed E-state index contributed by atoms with van der Waals surface area (Å²) >= 11 is 0. The largest absolute Gasteiger partial charge is 0.462 e. The summed E-state index contributed by atoms with van der Waals surface area (Å²) in [6.45, 7) is 6.70. The molecule has 0 amide bonds. The third-order valence-corrected chi connectivity index (χ3v) is 16.0. The first-order valence-electron chi connectivity index (χ1n) is 34.8. The van der Waals surface area contributed by atoms with E-state index < -0.39 is 6.10 Å². The highest BCUT2D eigenvalue weighted by molar-refractivity contribution is 5.71. The van der Waals surface area contributed by atoms with Gasteiger partial charge in [-0.05, 0) is 51.4 Å². The van der Waals surface area contributed by atoms with Gasteiger partial charge >= 0.3 is 17.9 Å². The molecule has 0 rings (SSSR count). The summed E-state index contributed by atoms with van der Waals surface area (Å²) in [7, 11) is 0. The van der Waals surface area contributed by atoms with E-state index in [-0.39, 0.29) is 31.1 Å². The monoisotopic (exact) mass is 1080 g/mol. The number of hydrogen-bond acceptors (Lipinski definition) is 6. The lowest BCUT2D eigenvalue weighted by Crippen LogP contribution is -2.30. The molecule has 454 valence electrons. The second kappa shape index (κ2) is 66.4. The molecule has 0 aliphatic carbocycles. The van der Waals surface area contributed by atoms with E-state index in [2.05, 4.69) is 45.1 Å². The predicted octanol–water partition coefficient (Wildman–Crippen LogP) is 23.8. The molecule has 0 N–H and O–H groups in total. The highest BCUT2D eigenvalue weighted by Crippen LogP contribution is 2.19. The van der Waals surface area contributed by atoms with Crippen molar-refractivity contribution in [3.05, 3.63) is 24.3 Å². The molecule has 0 aliphatic heterocycles. The number of esters is 3. The van der Waals surface area contributed by atoms with E-state index in [1.54, 1.807) is 0 Å². The van der Waals surface area contributed by atoms with Crippen LogP contribution in [0.4, 0.5) is 0 Å². The van der Waals surface area contributed by atoms with Crippen molar-refractivity contribution < 1.29 is 28.6 Å². The maximum absolute atomic E-state index is 12.9. The zero-order valence-corrected chi connectivity index (χ0v) is 52.3. The van der Waals surface area contributed by atoms with Crippen molar-refractivity contribution in [2.45, 2.75) is 399 Å². The Morgan fingerprint density at radius 1 is 0.260 bits per heavy atom. The molecule has 6 nitrogen and oxygen atoms in total. The lowest BCUT2D eigenvalue weighted by atomic mass is 10.0. The Bertz CT molecular complexity index is 1240. The van der Waals surface area contributed by atoms with Crippen LogP contribution in [0, 0.1) is 0 Å². The summed E-state index contributed by atoms with van der Waals surface area (Å²) in [5.41, 5.74) is 0. The average Bonchev–Trinajstić information content (AvgIpc) is 3.43. The van der Waals surface area contributed by atoms with Gasteiger partial charge in [0, 0.05) is 19.3 Å². The van der Waals surface area contributed by atoms with Gasteiger partial charge in [-0.1, -0.05) is 347 Å². The van der Waals surface area contributed by atoms with Gasteiger partial charge in [0.1, 0.15) is 13.2 Å². The van der Waals surface area contributed by atoms with Crippen molar-refractivity contribution in [1.82, 2.24) is 0 Å². The minimum atomic E-state index is -0.770. The number of ether oxygens (including phenoxy) is 3. The van der Waals surface area contributed by atoms with Crippen LogP contribution in [-0.4, -0.2) is 37.2 Å². The second-order valence-corrected chi connectivity index (χ2v) is 23.8. The van der Waals surface area contributed by atoms with E-state index >= 15 is 0 Å². The number of carbonyl (C=O) groups is 3. The lowest BCUT2D eigenvalue weighted by molar-refractivity contribution is -0.167. The van der Waals surface area contributed by atoms with E-state index in [0.717, 1.165) is 64.2 Å². The molecule has 0 radical (unpaired) electrons. The maximum Gasteiger partial charge on any atom is 0.306 e. The summed E-state index contributed by atoms with van der Waals surface area (Å²) in [5.74, 6) is -0.836. The number of unbranched alkanes of at least 4 members (excludes halogenated alkanes) is 50. The minimum Gasteiger partial charge on any atom is -0.462 e. The fraction of sp³-hybridized carbons (Fsp3) is 0.901. The standard InChI is InChI=1S/C71H134O6/c1-4-7-10-13-16-19-22-25-28-31-34-35-36-38-40-43-46-49-52-55-58-61-64-70(73)76-67-68(66-75-69(72)63-60-57-54-51-48-45-42-39-33-30-27-24-21-18-15-12-9-6-3)77-71(74)65-62-59-56-53-50-47-44-41-37-32-29-26-23-20-17-14-11-8-5-2/h17,20,26,29,68H,4-16,18-19,21-25,27-28,30-67H2,1-3H3/b20-17-,29-26-. The molecule has 0 aliphatic rings. The fourth-order valence-corrected chi connectivity index (χ4v) is 10.7. The van der Waals surface area contributed by atoms with Crippen LogP contribution < -0.4 is 0 Å². The van der Waals surface area contributed by atoms with Crippen molar-refractivity contribution in [3.63, 3.8) is 0 Å². The fourth-order valence-electron chi connectivity index (χ4n) is 10.7. The van der Waals surface area contributed by atoms with E-state index in [4.69, 9.17) is 14.2 Å². The molecule has 1 atom stereocenters. The van der Waals surface area contributed by atoms with Gasteiger partial charge < -0.3 is 14.2 Å². The molecular weight excluding hydrogens is 949 g/mol. The summed E-state index contributed by atoms with van der Waals surface area (Å²) in [6.07, 6.45) is 80.5. The van der Waals surface area contributed by atoms with Crippen molar-refractivity contribution in [2.24, 2.45) is 0 Å². The lowest BCUT2D eigenvalue weighted by Gasteiger charge is -2.18. The molecule has 0 saturated heterocycles. The molecule has 0 bridgehead atoms. The molecule has 0 spiro atoms. The molecule has 0 heterocycles. The Hall–Kier alpha value is -2.11. The van der Waals surface area contributed by atoms with Crippen LogP contribution in [0.5, 0.6) is 0 Å². The first kappa shape index (κ1) is 74.9. The summed E-state index contributed by atoms with van der Waals surface area (Å²) < 4.78 is 17.0. The normalized spacial score (nSPS) is 12.1. The van der Waals surface area contributed by atoms with E-state index in [0.29, 0.717) is 19.3 Å². The van der Waals surface area contributed by atoms with Gasteiger partial charge in [-0.25, -0.2) is 0 Å². The number of allylic oxidation sites excluding steroid dienone is 4. The number of hydrogen-bond donors (Lipinski definition) is 0. The predicted molar refractivity (Wildman–Crippen MR) is 335 cm³/mol. The second-order valence-electron chi connectivity index (χ2n) is 23.8. The topological polar surface area (TPSA) is 78.9 Å². The third-order valence-electron chi connectivity index (χ3n) is 16.0. The van der Waals surface area contributed by atoms with E-state index in [9.17, 15) is 14.4 Å². The average molecular weight is 1080 g/mol. The first-order chi connectivity index (χ1) is 38.0. The molecular formula is C71H134O6. The smallest absolute Gasteiger partial charge is 0.306 e. The molecule has 0 fully saturated rings. The highest BCUT2D eigenvalue weighted by atomic mass is 16.6. The number of rotatable bonds is 65. The summed E-state index contributed by atoms with van der Waals surface area (Å²) in [4.78, 5) is 38.4. The Morgan fingerprint density at radius 2 is 0.468 bits per heavy atom. The van der Waals surface area contributed by atoms with E-state index in [1.807, 2.05) is 0 Å². The van der Waals surface area contributed by atoms with Gasteiger partial charge in [0.25, 0.3) is 0 Å². The Morgan fingerprint density at radius 3 is 0.740 bits per heavy atom. The van der Waals surface area contributed by atoms with E-state index in [1.165, 1.54) is 289 Å². The van der Waals surface area contributed by atoms with Gasteiger partial charge in [-0.15, -0.1) is 0 Å². The highest BCUT2D eigenvalue weighted by Gasteiger charge is 2.19. The van der Waals surface area contributed by atoms with Gasteiger partial charge in [0.15, 0.2) is 6.10 Å². The van der Waals surface area contributed by atoms with Gasteiger partial charge in [-0.2, -0.15) is 0 Å². The van der Waals surface area contributed by atoms with Gasteiger partial charge in [0.05, 0.1) is 0 Å². The van der Waals surface area contributed by atoms with Crippen LogP contribution in [0.15, 0.2) is 24.3 Å². The molecule has 0 saturated carbocycles. The quantitative estimate of drug-likeness (QED) is 0.0261.